The highest BCUT2D eigenvalue weighted by molar-refractivity contribution is 5.91. The molecule has 2 aromatic rings. The Balaban J connectivity index is 2.32. The molecule has 1 N–H and O–H groups in total. The van der Waals surface area contributed by atoms with Crippen LogP contribution >= 0.6 is 0 Å². The first-order chi connectivity index (χ1) is 9.61. The van der Waals surface area contributed by atoms with Crippen molar-refractivity contribution in [2.45, 2.75) is 13.8 Å². The summed E-state index contributed by atoms with van der Waals surface area (Å²) in [7, 11) is 0. The molecule has 1 heterocycles. The molecule has 0 saturated carbocycles. The third-order valence-electron chi connectivity index (χ3n) is 2.67. The molecular weight excluding hydrogens is 258 g/mol. The summed E-state index contributed by atoms with van der Waals surface area (Å²) in [6.45, 7) is 4.14. The average molecular weight is 273 g/mol. The minimum absolute atomic E-state index is 0.0642. The first kappa shape index (κ1) is 13.9. The van der Waals surface area contributed by atoms with Gasteiger partial charge in [-0.3, -0.25) is 0 Å². The predicted molar refractivity (Wildman–Crippen MR) is 73.6 cm³/mol. The zero-order valence-corrected chi connectivity index (χ0v) is 11.3. The van der Waals surface area contributed by atoms with Crippen LogP contribution in [0.1, 0.15) is 22.8 Å². The van der Waals surface area contributed by atoms with E-state index in [-0.39, 0.29) is 11.4 Å². The van der Waals surface area contributed by atoms with Crippen LogP contribution in [0.5, 0.6) is 17.4 Å². The Morgan fingerprint density at radius 3 is 2.75 bits per heavy atom. The highest BCUT2D eigenvalue weighted by Crippen LogP contribution is 2.27. The number of carboxylic acids is 1. The standard InChI is InChI=1S/C15H15NO4/c1-3-19-11-5-4-6-12(9-11)20-14-13(15(17)18)10(2)7-8-16-14/h4-9H,3H2,1-2H3,(H,17,18). The van der Waals surface area contributed by atoms with E-state index in [1.807, 2.05) is 6.92 Å². The van der Waals surface area contributed by atoms with Crippen LogP contribution in [0.3, 0.4) is 0 Å². The van der Waals surface area contributed by atoms with Crippen LogP contribution in [0.2, 0.25) is 0 Å². The van der Waals surface area contributed by atoms with E-state index in [4.69, 9.17) is 9.47 Å². The minimum Gasteiger partial charge on any atom is -0.494 e. The molecule has 0 aliphatic rings. The summed E-state index contributed by atoms with van der Waals surface area (Å²) in [4.78, 5) is 15.2. The third kappa shape index (κ3) is 3.06. The number of rotatable bonds is 5. The Kier molecular flexibility index (Phi) is 4.20. The summed E-state index contributed by atoms with van der Waals surface area (Å²) < 4.78 is 10.9. The number of carboxylic acid groups (broad SMARTS) is 1. The van der Waals surface area contributed by atoms with E-state index in [0.29, 0.717) is 23.7 Å². The number of ether oxygens (including phenoxy) is 2. The number of carbonyl (C=O) groups is 1. The maximum absolute atomic E-state index is 11.3. The number of aromatic carboxylic acids is 1. The number of hydrogen-bond donors (Lipinski definition) is 1. The molecule has 2 rings (SSSR count). The van der Waals surface area contributed by atoms with Crippen molar-refractivity contribution in [3.63, 3.8) is 0 Å². The fourth-order valence-corrected chi connectivity index (χ4v) is 1.78. The molecule has 0 spiro atoms. The van der Waals surface area contributed by atoms with Crippen molar-refractivity contribution >= 4 is 5.97 Å². The lowest BCUT2D eigenvalue weighted by molar-refractivity contribution is 0.0692. The molecule has 0 fully saturated rings. The van der Waals surface area contributed by atoms with Gasteiger partial charge >= 0.3 is 5.97 Å². The number of pyridine rings is 1. The van der Waals surface area contributed by atoms with E-state index in [9.17, 15) is 9.90 Å². The van der Waals surface area contributed by atoms with Gasteiger partial charge in [0.05, 0.1) is 6.61 Å². The second kappa shape index (κ2) is 6.06. The molecule has 0 unspecified atom stereocenters. The van der Waals surface area contributed by atoms with Crippen molar-refractivity contribution in [3.05, 3.63) is 47.7 Å². The minimum atomic E-state index is -1.06. The molecule has 1 aromatic carbocycles. The van der Waals surface area contributed by atoms with Gasteiger partial charge in [-0.15, -0.1) is 0 Å². The van der Waals surface area contributed by atoms with Gasteiger partial charge < -0.3 is 14.6 Å². The summed E-state index contributed by atoms with van der Waals surface area (Å²) >= 11 is 0. The van der Waals surface area contributed by atoms with Gasteiger partial charge in [0.1, 0.15) is 17.1 Å². The number of benzene rings is 1. The van der Waals surface area contributed by atoms with Crippen LogP contribution in [0.4, 0.5) is 0 Å². The van der Waals surface area contributed by atoms with Gasteiger partial charge in [0.2, 0.25) is 5.88 Å². The van der Waals surface area contributed by atoms with Crippen LogP contribution < -0.4 is 9.47 Å². The molecule has 20 heavy (non-hydrogen) atoms. The van der Waals surface area contributed by atoms with Crippen molar-refractivity contribution in [2.75, 3.05) is 6.61 Å². The Morgan fingerprint density at radius 1 is 1.30 bits per heavy atom. The molecule has 1 aromatic heterocycles. The number of hydrogen-bond acceptors (Lipinski definition) is 4. The Hall–Kier alpha value is -2.56. The van der Waals surface area contributed by atoms with E-state index in [0.717, 1.165) is 0 Å². The van der Waals surface area contributed by atoms with Gasteiger partial charge in [0, 0.05) is 12.3 Å². The van der Waals surface area contributed by atoms with Crippen LogP contribution in [0.25, 0.3) is 0 Å². The first-order valence-electron chi connectivity index (χ1n) is 6.21. The van der Waals surface area contributed by atoms with Crippen molar-refractivity contribution in [1.29, 1.82) is 0 Å². The molecule has 104 valence electrons. The van der Waals surface area contributed by atoms with E-state index in [1.165, 1.54) is 6.20 Å². The van der Waals surface area contributed by atoms with Crippen LogP contribution in [0, 0.1) is 6.92 Å². The molecule has 0 bridgehead atoms. The molecule has 0 saturated heterocycles. The lowest BCUT2D eigenvalue weighted by Gasteiger charge is -2.10. The SMILES string of the molecule is CCOc1cccc(Oc2nccc(C)c2C(=O)O)c1. The van der Waals surface area contributed by atoms with Crippen molar-refractivity contribution in [1.82, 2.24) is 4.98 Å². The van der Waals surface area contributed by atoms with Gasteiger partial charge in [-0.2, -0.15) is 0 Å². The van der Waals surface area contributed by atoms with E-state index in [2.05, 4.69) is 4.98 Å². The Bertz CT molecular complexity index is 625. The monoisotopic (exact) mass is 273 g/mol. The molecular formula is C15H15NO4. The maximum atomic E-state index is 11.3. The quantitative estimate of drug-likeness (QED) is 0.905. The molecule has 0 atom stereocenters. The van der Waals surface area contributed by atoms with Crippen molar-refractivity contribution in [3.8, 4) is 17.4 Å². The summed E-state index contributed by atoms with van der Waals surface area (Å²) in [5.74, 6) is 0.156. The largest absolute Gasteiger partial charge is 0.494 e. The number of aromatic nitrogens is 1. The lowest BCUT2D eigenvalue weighted by Crippen LogP contribution is -2.04. The topological polar surface area (TPSA) is 68.7 Å². The van der Waals surface area contributed by atoms with E-state index >= 15 is 0 Å². The maximum Gasteiger partial charge on any atom is 0.341 e. The highest BCUT2D eigenvalue weighted by atomic mass is 16.5. The second-order valence-corrected chi connectivity index (χ2v) is 4.12. The van der Waals surface area contributed by atoms with Crippen molar-refractivity contribution in [2.24, 2.45) is 0 Å². The normalized spacial score (nSPS) is 10.1. The molecule has 5 heteroatoms. The highest BCUT2D eigenvalue weighted by Gasteiger charge is 2.16. The first-order valence-corrected chi connectivity index (χ1v) is 6.21. The van der Waals surface area contributed by atoms with Crippen LogP contribution in [-0.2, 0) is 0 Å². The summed E-state index contributed by atoms with van der Waals surface area (Å²) in [5, 5.41) is 9.22. The van der Waals surface area contributed by atoms with Gasteiger partial charge in [-0.05, 0) is 37.6 Å². The summed E-state index contributed by atoms with van der Waals surface area (Å²) in [6.07, 6.45) is 1.52. The van der Waals surface area contributed by atoms with Gasteiger partial charge in [-0.1, -0.05) is 6.07 Å². The number of nitrogens with zero attached hydrogens (tertiary/aromatic N) is 1. The molecule has 0 aliphatic heterocycles. The Labute approximate surface area is 116 Å². The van der Waals surface area contributed by atoms with Crippen LogP contribution in [0.15, 0.2) is 36.5 Å². The van der Waals surface area contributed by atoms with Gasteiger partial charge in [0.15, 0.2) is 0 Å². The number of aryl methyl sites for hydroxylation is 1. The lowest BCUT2D eigenvalue weighted by atomic mass is 10.1. The Morgan fingerprint density at radius 2 is 2.05 bits per heavy atom. The van der Waals surface area contributed by atoms with Gasteiger partial charge in [-0.25, -0.2) is 9.78 Å². The van der Waals surface area contributed by atoms with Gasteiger partial charge in [0.25, 0.3) is 0 Å². The molecule has 0 radical (unpaired) electrons. The fraction of sp³-hybridized carbons (Fsp3) is 0.200. The molecule has 0 aliphatic carbocycles. The predicted octanol–water partition coefficient (Wildman–Crippen LogP) is 3.28. The second-order valence-electron chi connectivity index (χ2n) is 4.12. The smallest absolute Gasteiger partial charge is 0.341 e. The molecule has 5 nitrogen and oxygen atoms in total. The fourth-order valence-electron chi connectivity index (χ4n) is 1.78. The zero-order chi connectivity index (χ0) is 14.5. The summed E-state index contributed by atoms with van der Waals surface area (Å²) in [6, 6.07) is 8.62. The van der Waals surface area contributed by atoms with Crippen LogP contribution in [-0.4, -0.2) is 22.7 Å². The molecule has 0 amide bonds. The summed E-state index contributed by atoms with van der Waals surface area (Å²) in [5.41, 5.74) is 0.665. The average Bonchev–Trinajstić information content (AvgIpc) is 2.39. The van der Waals surface area contributed by atoms with E-state index < -0.39 is 5.97 Å². The van der Waals surface area contributed by atoms with Crippen molar-refractivity contribution < 1.29 is 19.4 Å². The third-order valence-corrected chi connectivity index (χ3v) is 2.67. The zero-order valence-electron chi connectivity index (χ0n) is 11.3. The van der Waals surface area contributed by atoms with E-state index in [1.54, 1.807) is 37.3 Å².